The predicted molar refractivity (Wildman–Crippen MR) is 65.8 cm³/mol. The van der Waals surface area contributed by atoms with Crippen molar-refractivity contribution in [2.75, 3.05) is 26.9 Å². The highest BCUT2D eigenvalue weighted by molar-refractivity contribution is 5.84. The molecular formula is C12H24N2O3. The van der Waals surface area contributed by atoms with Crippen molar-refractivity contribution in [2.45, 2.75) is 44.8 Å². The highest BCUT2D eigenvalue weighted by Gasteiger charge is 2.35. The molecule has 1 aliphatic heterocycles. The molecule has 0 aromatic heterocycles. The molecule has 1 amide bonds. The Balaban J connectivity index is 2.56. The Kier molecular flexibility index (Phi) is 5.88. The first-order chi connectivity index (χ1) is 8.10. The summed E-state index contributed by atoms with van der Waals surface area (Å²) in [6, 6.07) is 0.229. The summed E-state index contributed by atoms with van der Waals surface area (Å²) in [4.78, 5) is 14.0. The fourth-order valence-corrected chi connectivity index (χ4v) is 2.29. The average molecular weight is 244 g/mol. The van der Waals surface area contributed by atoms with Crippen LogP contribution in [0.2, 0.25) is 0 Å². The van der Waals surface area contributed by atoms with E-state index in [1.807, 2.05) is 18.7 Å². The molecule has 0 spiro atoms. The molecule has 17 heavy (non-hydrogen) atoms. The van der Waals surface area contributed by atoms with Crippen molar-refractivity contribution in [3.8, 4) is 0 Å². The quantitative estimate of drug-likeness (QED) is 0.661. The Morgan fingerprint density at radius 1 is 1.59 bits per heavy atom. The molecule has 1 heterocycles. The number of rotatable bonds is 7. The van der Waals surface area contributed by atoms with Crippen LogP contribution in [-0.2, 0) is 9.53 Å². The van der Waals surface area contributed by atoms with Crippen molar-refractivity contribution in [1.82, 2.24) is 10.2 Å². The first kappa shape index (κ1) is 14.4. The SMILES string of the molecule is COCC(CCO)N1CCC(NC(C)C)C1=O. The van der Waals surface area contributed by atoms with Crippen molar-refractivity contribution < 1.29 is 14.6 Å². The van der Waals surface area contributed by atoms with Crippen LogP contribution in [0.1, 0.15) is 26.7 Å². The van der Waals surface area contributed by atoms with Gasteiger partial charge in [-0.1, -0.05) is 13.8 Å². The van der Waals surface area contributed by atoms with E-state index in [0.717, 1.165) is 13.0 Å². The summed E-state index contributed by atoms with van der Waals surface area (Å²) in [6.07, 6.45) is 1.41. The lowest BCUT2D eigenvalue weighted by atomic mass is 10.2. The van der Waals surface area contributed by atoms with Crippen molar-refractivity contribution in [3.05, 3.63) is 0 Å². The van der Waals surface area contributed by atoms with E-state index in [4.69, 9.17) is 9.84 Å². The van der Waals surface area contributed by atoms with Gasteiger partial charge in [-0.05, 0) is 12.8 Å². The molecule has 0 saturated carbocycles. The van der Waals surface area contributed by atoms with Crippen LogP contribution in [0.25, 0.3) is 0 Å². The summed E-state index contributed by atoms with van der Waals surface area (Å²) in [7, 11) is 1.62. The van der Waals surface area contributed by atoms with Crippen LogP contribution in [0.15, 0.2) is 0 Å². The van der Waals surface area contributed by atoms with Crippen molar-refractivity contribution >= 4 is 5.91 Å². The smallest absolute Gasteiger partial charge is 0.240 e. The first-order valence-corrected chi connectivity index (χ1v) is 6.26. The minimum atomic E-state index is -0.0759. The van der Waals surface area contributed by atoms with Crippen molar-refractivity contribution in [3.63, 3.8) is 0 Å². The highest BCUT2D eigenvalue weighted by atomic mass is 16.5. The molecule has 0 aromatic rings. The molecule has 2 atom stereocenters. The number of hydrogen-bond acceptors (Lipinski definition) is 4. The van der Waals surface area contributed by atoms with Gasteiger partial charge in [0.2, 0.25) is 5.91 Å². The molecule has 0 bridgehead atoms. The fraction of sp³-hybridized carbons (Fsp3) is 0.917. The van der Waals surface area contributed by atoms with E-state index in [2.05, 4.69) is 5.32 Å². The summed E-state index contributed by atoms with van der Waals surface area (Å²) in [6.45, 7) is 5.39. The van der Waals surface area contributed by atoms with E-state index in [-0.39, 0.29) is 24.6 Å². The van der Waals surface area contributed by atoms with Crippen LogP contribution in [0.4, 0.5) is 0 Å². The van der Waals surface area contributed by atoms with Crippen LogP contribution in [-0.4, -0.2) is 60.9 Å². The zero-order valence-corrected chi connectivity index (χ0v) is 11.0. The number of ether oxygens (including phenoxy) is 1. The lowest BCUT2D eigenvalue weighted by molar-refractivity contribution is -0.132. The van der Waals surface area contributed by atoms with Crippen LogP contribution in [0.5, 0.6) is 0 Å². The van der Waals surface area contributed by atoms with E-state index in [9.17, 15) is 4.79 Å². The second kappa shape index (κ2) is 6.93. The molecule has 5 nitrogen and oxygen atoms in total. The van der Waals surface area contributed by atoms with Gasteiger partial charge in [0.25, 0.3) is 0 Å². The predicted octanol–water partition coefficient (Wildman–Crippen LogP) is -0.0173. The lowest BCUT2D eigenvalue weighted by Crippen LogP contribution is -2.46. The molecular weight excluding hydrogens is 220 g/mol. The first-order valence-electron chi connectivity index (χ1n) is 6.26. The molecule has 0 radical (unpaired) electrons. The number of carbonyl (C=O) groups excluding carboxylic acids is 1. The monoisotopic (exact) mass is 244 g/mol. The maximum atomic E-state index is 12.2. The van der Waals surface area contributed by atoms with Gasteiger partial charge in [0.05, 0.1) is 18.7 Å². The lowest BCUT2D eigenvalue weighted by Gasteiger charge is -2.27. The Morgan fingerprint density at radius 3 is 2.82 bits per heavy atom. The molecule has 1 aliphatic rings. The third-order valence-corrected chi connectivity index (χ3v) is 3.04. The van der Waals surface area contributed by atoms with E-state index in [0.29, 0.717) is 19.1 Å². The number of aliphatic hydroxyl groups is 1. The molecule has 100 valence electrons. The normalized spacial score (nSPS) is 22.5. The number of hydrogen-bond donors (Lipinski definition) is 2. The molecule has 2 unspecified atom stereocenters. The Hall–Kier alpha value is -0.650. The number of likely N-dealkylation sites (tertiary alicyclic amines) is 1. The molecule has 1 fully saturated rings. The minimum absolute atomic E-state index is 0.00328. The summed E-state index contributed by atoms with van der Waals surface area (Å²) in [5, 5.41) is 12.3. The maximum Gasteiger partial charge on any atom is 0.240 e. The Bertz CT molecular complexity index is 240. The topological polar surface area (TPSA) is 61.8 Å². The van der Waals surface area contributed by atoms with Gasteiger partial charge in [-0.3, -0.25) is 4.79 Å². The molecule has 1 saturated heterocycles. The number of carbonyl (C=O) groups is 1. The van der Waals surface area contributed by atoms with Gasteiger partial charge < -0.3 is 20.1 Å². The van der Waals surface area contributed by atoms with Crippen LogP contribution in [0.3, 0.4) is 0 Å². The molecule has 1 rings (SSSR count). The van der Waals surface area contributed by atoms with E-state index in [1.54, 1.807) is 7.11 Å². The number of nitrogens with one attached hydrogen (secondary N) is 1. The van der Waals surface area contributed by atoms with E-state index < -0.39 is 0 Å². The number of aliphatic hydroxyl groups excluding tert-OH is 1. The van der Waals surface area contributed by atoms with Crippen molar-refractivity contribution in [1.29, 1.82) is 0 Å². The number of methoxy groups -OCH3 is 1. The third-order valence-electron chi connectivity index (χ3n) is 3.04. The zero-order valence-electron chi connectivity index (χ0n) is 11.0. The summed E-state index contributed by atoms with van der Waals surface area (Å²) >= 11 is 0. The van der Waals surface area contributed by atoms with Gasteiger partial charge in [-0.25, -0.2) is 0 Å². The van der Waals surface area contributed by atoms with Gasteiger partial charge >= 0.3 is 0 Å². The highest BCUT2D eigenvalue weighted by Crippen LogP contribution is 2.17. The van der Waals surface area contributed by atoms with E-state index >= 15 is 0 Å². The number of nitrogens with zero attached hydrogens (tertiary/aromatic N) is 1. The van der Waals surface area contributed by atoms with Crippen molar-refractivity contribution in [2.24, 2.45) is 0 Å². The summed E-state index contributed by atoms with van der Waals surface area (Å²) < 4.78 is 5.11. The minimum Gasteiger partial charge on any atom is -0.396 e. The summed E-state index contributed by atoms with van der Waals surface area (Å²) in [5.41, 5.74) is 0. The Labute approximate surface area is 103 Å². The summed E-state index contributed by atoms with van der Waals surface area (Å²) in [5.74, 6) is 0.134. The van der Waals surface area contributed by atoms with Crippen LogP contribution in [0, 0.1) is 0 Å². The van der Waals surface area contributed by atoms with Gasteiger partial charge in [0.1, 0.15) is 0 Å². The fourth-order valence-electron chi connectivity index (χ4n) is 2.29. The molecule has 0 aliphatic carbocycles. The van der Waals surface area contributed by atoms with E-state index in [1.165, 1.54) is 0 Å². The van der Waals surface area contributed by atoms with Crippen LogP contribution >= 0.6 is 0 Å². The molecule has 0 aromatic carbocycles. The second-order valence-electron chi connectivity index (χ2n) is 4.82. The zero-order chi connectivity index (χ0) is 12.8. The van der Waals surface area contributed by atoms with Gasteiger partial charge in [0, 0.05) is 26.3 Å². The average Bonchev–Trinajstić information content (AvgIpc) is 2.60. The van der Waals surface area contributed by atoms with Gasteiger partial charge in [0.15, 0.2) is 0 Å². The van der Waals surface area contributed by atoms with Crippen LogP contribution < -0.4 is 5.32 Å². The number of amides is 1. The van der Waals surface area contributed by atoms with Gasteiger partial charge in [-0.2, -0.15) is 0 Å². The third kappa shape index (κ3) is 3.94. The standard InChI is InChI=1S/C12H24N2O3/c1-9(2)13-11-4-6-14(12(11)16)10(5-7-15)8-17-3/h9-11,13,15H,4-8H2,1-3H3. The second-order valence-corrected chi connectivity index (χ2v) is 4.82. The maximum absolute atomic E-state index is 12.2. The largest absolute Gasteiger partial charge is 0.396 e. The molecule has 2 N–H and O–H groups in total. The Morgan fingerprint density at radius 2 is 2.29 bits per heavy atom. The van der Waals surface area contributed by atoms with Gasteiger partial charge in [-0.15, -0.1) is 0 Å². The molecule has 5 heteroatoms.